The largest absolute Gasteiger partial charge is 0.488 e. The van der Waals surface area contributed by atoms with Gasteiger partial charge in [0.1, 0.15) is 17.7 Å². The Morgan fingerprint density at radius 3 is 2.82 bits per heavy atom. The van der Waals surface area contributed by atoms with E-state index < -0.39 is 0 Å². The molecule has 3 N–H and O–H groups in total. The molecule has 0 saturated heterocycles. The summed E-state index contributed by atoms with van der Waals surface area (Å²) < 4.78 is 11.9. The molecule has 0 spiro atoms. The highest BCUT2D eigenvalue weighted by atomic mass is 79.9. The van der Waals surface area contributed by atoms with Crippen molar-refractivity contribution in [3.8, 4) is 5.75 Å². The van der Waals surface area contributed by atoms with E-state index in [9.17, 15) is 0 Å². The molecular weight excluding hydrogens is 284 g/mol. The van der Waals surface area contributed by atoms with E-state index in [0.29, 0.717) is 24.5 Å². The van der Waals surface area contributed by atoms with Crippen molar-refractivity contribution < 1.29 is 9.47 Å². The molecule has 0 amide bonds. The van der Waals surface area contributed by atoms with Gasteiger partial charge in [-0.05, 0) is 32.0 Å². The minimum Gasteiger partial charge on any atom is -0.488 e. The van der Waals surface area contributed by atoms with Gasteiger partial charge in [0.05, 0.1) is 12.2 Å². The summed E-state index contributed by atoms with van der Waals surface area (Å²) in [5.74, 6) is 0.593. The van der Waals surface area contributed by atoms with Crippen LogP contribution in [0.1, 0.15) is 19.4 Å². The van der Waals surface area contributed by atoms with Gasteiger partial charge in [0.15, 0.2) is 0 Å². The van der Waals surface area contributed by atoms with E-state index in [1.165, 1.54) is 0 Å². The van der Waals surface area contributed by atoms with Crippen LogP contribution >= 0.6 is 15.9 Å². The fraction of sp³-hybridized carbons (Fsp3) is 0.417. The number of amidine groups is 1. The number of hydrogen-bond donors (Lipinski definition) is 2. The minimum atomic E-state index is -0.0812. The number of halogens is 1. The van der Waals surface area contributed by atoms with Gasteiger partial charge in [-0.1, -0.05) is 15.9 Å². The molecule has 0 aliphatic heterocycles. The summed E-state index contributed by atoms with van der Waals surface area (Å²) >= 11 is 3.37. The first kappa shape index (κ1) is 14.0. The van der Waals surface area contributed by atoms with Crippen LogP contribution in [0.2, 0.25) is 0 Å². The Labute approximate surface area is 110 Å². The average molecular weight is 301 g/mol. The highest BCUT2D eigenvalue weighted by molar-refractivity contribution is 9.10. The number of benzene rings is 1. The van der Waals surface area contributed by atoms with Crippen molar-refractivity contribution >= 4 is 21.8 Å². The van der Waals surface area contributed by atoms with Gasteiger partial charge in [0.2, 0.25) is 0 Å². The van der Waals surface area contributed by atoms with Crippen LogP contribution in [0.5, 0.6) is 5.75 Å². The summed E-state index contributed by atoms with van der Waals surface area (Å²) in [5, 5.41) is 7.48. The summed E-state index contributed by atoms with van der Waals surface area (Å²) in [4.78, 5) is 0. The molecule has 0 heterocycles. The second-order valence-electron chi connectivity index (χ2n) is 3.64. The number of nitrogen functional groups attached to an aromatic ring is 1. The molecule has 0 aliphatic rings. The second kappa shape index (κ2) is 6.61. The van der Waals surface area contributed by atoms with Gasteiger partial charge in [0.25, 0.3) is 0 Å². The van der Waals surface area contributed by atoms with Gasteiger partial charge in [-0.2, -0.15) is 0 Å². The molecule has 4 nitrogen and oxygen atoms in total. The third-order valence-electron chi connectivity index (χ3n) is 2.12. The molecule has 0 radical (unpaired) electrons. The number of ether oxygens (including phenoxy) is 2. The molecular formula is C12H17BrN2O2. The predicted octanol–water partition coefficient (Wildman–Crippen LogP) is 2.54. The molecule has 1 unspecified atom stereocenters. The molecule has 1 atom stereocenters. The van der Waals surface area contributed by atoms with E-state index in [-0.39, 0.29) is 11.9 Å². The van der Waals surface area contributed by atoms with Crippen LogP contribution in [0.4, 0.5) is 0 Å². The Morgan fingerprint density at radius 1 is 1.53 bits per heavy atom. The zero-order valence-corrected chi connectivity index (χ0v) is 11.6. The van der Waals surface area contributed by atoms with Gasteiger partial charge < -0.3 is 15.2 Å². The standard InChI is InChI=1S/C12H17BrN2O2/c1-3-16-7-8(2)17-11-6-9(13)4-5-10(11)12(14)15/h4-6,8H,3,7H2,1-2H3,(H3,14,15). The van der Waals surface area contributed by atoms with Crippen molar-refractivity contribution in [2.75, 3.05) is 13.2 Å². The summed E-state index contributed by atoms with van der Waals surface area (Å²) in [6, 6.07) is 5.39. The summed E-state index contributed by atoms with van der Waals surface area (Å²) in [6.45, 7) is 5.03. The molecule has 0 aromatic heterocycles. The lowest BCUT2D eigenvalue weighted by Crippen LogP contribution is -2.21. The maximum absolute atomic E-state index is 7.48. The summed E-state index contributed by atoms with van der Waals surface area (Å²) in [5.41, 5.74) is 6.09. The average Bonchev–Trinajstić information content (AvgIpc) is 2.26. The highest BCUT2D eigenvalue weighted by Gasteiger charge is 2.11. The summed E-state index contributed by atoms with van der Waals surface area (Å²) in [7, 11) is 0. The van der Waals surface area contributed by atoms with E-state index in [1.54, 1.807) is 12.1 Å². The number of nitrogens with two attached hydrogens (primary N) is 1. The molecule has 1 rings (SSSR count). The Bertz CT molecular complexity index is 396. The fourth-order valence-corrected chi connectivity index (χ4v) is 1.69. The normalized spacial score (nSPS) is 12.2. The van der Waals surface area contributed by atoms with Crippen LogP contribution in [0, 0.1) is 5.41 Å². The van der Waals surface area contributed by atoms with E-state index in [1.807, 2.05) is 19.9 Å². The minimum absolute atomic E-state index is 0.00360. The molecule has 0 bridgehead atoms. The van der Waals surface area contributed by atoms with E-state index >= 15 is 0 Å². The fourth-order valence-electron chi connectivity index (χ4n) is 1.35. The van der Waals surface area contributed by atoms with E-state index in [0.717, 1.165) is 4.47 Å². The van der Waals surface area contributed by atoms with Crippen LogP contribution in [0.3, 0.4) is 0 Å². The van der Waals surface area contributed by atoms with Crippen LogP contribution in [-0.2, 0) is 4.74 Å². The quantitative estimate of drug-likeness (QED) is 0.626. The molecule has 1 aromatic rings. The van der Waals surface area contributed by atoms with Gasteiger partial charge >= 0.3 is 0 Å². The SMILES string of the molecule is CCOCC(C)Oc1cc(Br)ccc1C(=N)N. The van der Waals surface area contributed by atoms with Gasteiger partial charge in [0, 0.05) is 11.1 Å². The van der Waals surface area contributed by atoms with Crippen LogP contribution < -0.4 is 10.5 Å². The Kier molecular flexibility index (Phi) is 5.44. The van der Waals surface area contributed by atoms with Crippen molar-refractivity contribution in [1.29, 1.82) is 5.41 Å². The summed E-state index contributed by atoms with van der Waals surface area (Å²) in [6.07, 6.45) is -0.0812. The second-order valence-corrected chi connectivity index (χ2v) is 4.56. The first-order valence-corrected chi connectivity index (χ1v) is 6.22. The smallest absolute Gasteiger partial charge is 0.131 e. The van der Waals surface area contributed by atoms with Crippen molar-refractivity contribution in [1.82, 2.24) is 0 Å². The van der Waals surface area contributed by atoms with Crippen molar-refractivity contribution in [2.24, 2.45) is 5.73 Å². The maximum Gasteiger partial charge on any atom is 0.131 e. The molecule has 1 aromatic carbocycles. The molecule has 0 fully saturated rings. The molecule has 5 heteroatoms. The zero-order chi connectivity index (χ0) is 12.8. The van der Waals surface area contributed by atoms with Gasteiger partial charge in [-0.25, -0.2) is 0 Å². The van der Waals surface area contributed by atoms with Crippen molar-refractivity contribution in [3.63, 3.8) is 0 Å². The van der Waals surface area contributed by atoms with E-state index in [4.69, 9.17) is 20.6 Å². The zero-order valence-electron chi connectivity index (χ0n) is 10.00. The van der Waals surface area contributed by atoms with Crippen LogP contribution in [0.15, 0.2) is 22.7 Å². The number of nitrogens with one attached hydrogen (secondary N) is 1. The number of rotatable bonds is 6. The Hall–Kier alpha value is -1.07. The first-order chi connectivity index (χ1) is 8.04. The van der Waals surface area contributed by atoms with Crippen molar-refractivity contribution in [2.45, 2.75) is 20.0 Å². The van der Waals surface area contributed by atoms with Crippen molar-refractivity contribution in [3.05, 3.63) is 28.2 Å². The molecule has 17 heavy (non-hydrogen) atoms. The van der Waals surface area contributed by atoms with E-state index in [2.05, 4.69) is 15.9 Å². The third-order valence-corrected chi connectivity index (χ3v) is 2.61. The first-order valence-electron chi connectivity index (χ1n) is 5.43. The molecule has 0 saturated carbocycles. The van der Waals surface area contributed by atoms with Gasteiger partial charge in [-0.3, -0.25) is 5.41 Å². The Morgan fingerprint density at radius 2 is 2.24 bits per heavy atom. The van der Waals surface area contributed by atoms with Crippen LogP contribution in [0.25, 0.3) is 0 Å². The topological polar surface area (TPSA) is 68.3 Å². The molecule has 94 valence electrons. The predicted molar refractivity (Wildman–Crippen MR) is 71.7 cm³/mol. The Balaban J connectivity index is 2.81. The molecule has 0 aliphatic carbocycles. The monoisotopic (exact) mass is 300 g/mol. The van der Waals surface area contributed by atoms with Crippen LogP contribution in [-0.4, -0.2) is 25.2 Å². The lowest BCUT2D eigenvalue weighted by atomic mass is 10.2. The number of hydrogen-bond acceptors (Lipinski definition) is 3. The lowest BCUT2D eigenvalue weighted by molar-refractivity contribution is 0.0656. The third kappa shape index (κ3) is 4.36. The highest BCUT2D eigenvalue weighted by Crippen LogP contribution is 2.24. The van der Waals surface area contributed by atoms with Gasteiger partial charge in [-0.15, -0.1) is 0 Å². The maximum atomic E-state index is 7.48. The lowest BCUT2D eigenvalue weighted by Gasteiger charge is -2.17.